The topological polar surface area (TPSA) is 49.4 Å². The number of anilines is 1. The smallest absolute Gasteiger partial charge is 0.252 e. The maximum absolute atomic E-state index is 12.0. The summed E-state index contributed by atoms with van der Waals surface area (Å²) < 4.78 is 0. The van der Waals surface area contributed by atoms with Gasteiger partial charge < -0.3 is 5.32 Å². The molecule has 0 saturated carbocycles. The van der Waals surface area contributed by atoms with E-state index in [0.29, 0.717) is 11.6 Å². The van der Waals surface area contributed by atoms with Crippen molar-refractivity contribution in [2.75, 3.05) is 11.9 Å². The second-order valence-corrected chi connectivity index (χ2v) is 4.73. The molecule has 4 nitrogen and oxygen atoms in total. The molecule has 1 fully saturated rings. The molecule has 1 aromatic rings. The van der Waals surface area contributed by atoms with Gasteiger partial charge >= 0.3 is 0 Å². The second-order valence-electron chi connectivity index (χ2n) is 4.30. The summed E-state index contributed by atoms with van der Waals surface area (Å²) in [4.78, 5) is 25.0. The summed E-state index contributed by atoms with van der Waals surface area (Å²) in [5.74, 6) is -0.261. The Morgan fingerprint density at radius 1 is 1.44 bits per heavy atom. The fraction of sp³-hybridized carbons (Fsp3) is 0.385. The Balaban J connectivity index is 2.07. The third-order valence-electron chi connectivity index (χ3n) is 2.86. The van der Waals surface area contributed by atoms with Crippen LogP contribution in [0.15, 0.2) is 24.3 Å². The number of nitrogens with one attached hydrogen (secondary N) is 1. The zero-order chi connectivity index (χ0) is 13.1. The van der Waals surface area contributed by atoms with Crippen LogP contribution < -0.4 is 5.32 Å². The Morgan fingerprint density at radius 2 is 2.22 bits per heavy atom. The lowest BCUT2D eigenvalue weighted by molar-refractivity contribution is -0.138. The molecule has 1 heterocycles. The van der Waals surface area contributed by atoms with Gasteiger partial charge in [-0.2, -0.15) is 0 Å². The first-order chi connectivity index (χ1) is 8.61. The molecule has 2 rings (SSSR count). The van der Waals surface area contributed by atoms with Crippen LogP contribution in [0.25, 0.3) is 0 Å². The van der Waals surface area contributed by atoms with Gasteiger partial charge in [0.05, 0.1) is 6.42 Å². The molecule has 0 radical (unpaired) electrons. The Bertz CT molecular complexity index is 476. The van der Waals surface area contributed by atoms with Gasteiger partial charge in [-0.05, 0) is 24.6 Å². The summed E-state index contributed by atoms with van der Waals surface area (Å²) in [6.07, 6.45) is 0.993. The highest BCUT2D eigenvalue weighted by atomic mass is 35.5. The minimum Gasteiger partial charge on any atom is -0.373 e. The summed E-state index contributed by atoms with van der Waals surface area (Å²) in [7, 11) is 0. The number of hydrogen-bond donors (Lipinski definition) is 1. The number of hydrogen-bond acceptors (Lipinski definition) is 3. The summed E-state index contributed by atoms with van der Waals surface area (Å²) >= 11 is 5.87. The van der Waals surface area contributed by atoms with Gasteiger partial charge in [0.25, 0.3) is 5.91 Å². The van der Waals surface area contributed by atoms with Crippen LogP contribution in [0, 0.1) is 0 Å². The van der Waals surface area contributed by atoms with Crippen molar-refractivity contribution in [3.8, 4) is 0 Å². The molecule has 0 aromatic heterocycles. The Kier molecular flexibility index (Phi) is 3.87. The number of halogens is 1. The van der Waals surface area contributed by atoms with Crippen molar-refractivity contribution in [2.24, 2.45) is 0 Å². The Labute approximate surface area is 111 Å². The molecule has 5 heteroatoms. The lowest BCUT2D eigenvalue weighted by atomic mass is 10.2. The monoisotopic (exact) mass is 266 g/mol. The number of carbonyl (C=O) groups excluding carboxylic acids is 2. The quantitative estimate of drug-likeness (QED) is 0.851. The molecule has 1 saturated heterocycles. The third-order valence-corrected chi connectivity index (χ3v) is 3.09. The molecule has 1 aliphatic heterocycles. The highest BCUT2D eigenvalue weighted by Gasteiger charge is 2.37. The van der Waals surface area contributed by atoms with Crippen molar-refractivity contribution in [1.82, 2.24) is 4.90 Å². The van der Waals surface area contributed by atoms with Crippen LogP contribution in [-0.2, 0) is 9.59 Å². The molecule has 1 aromatic carbocycles. The van der Waals surface area contributed by atoms with E-state index < -0.39 is 6.04 Å². The molecule has 1 N–H and O–H groups in total. The van der Waals surface area contributed by atoms with Gasteiger partial charge in [-0.15, -0.1) is 0 Å². The van der Waals surface area contributed by atoms with Crippen LogP contribution in [0.2, 0.25) is 5.02 Å². The average Bonchev–Trinajstić information content (AvgIpc) is 2.57. The molecule has 1 atom stereocenters. The largest absolute Gasteiger partial charge is 0.373 e. The first kappa shape index (κ1) is 12.9. The number of likely N-dealkylation sites (tertiary alicyclic amines) is 1. The van der Waals surface area contributed by atoms with E-state index in [4.69, 9.17) is 11.6 Å². The number of amides is 2. The van der Waals surface area contributed by atoms with E-state index in [1.807, 2.05) is 13.0 Å². The van der Waals surface area contributed by atoms with Gasteiger partial charge in [0, 0.05) is 17.3 Å². The van der Waals surface area contributed by atoms with E-state index in [1.165, 1.54) is 4.90 Å². The van der Waals surface area contributed by atoms with Crippen LogP contribution in [-0.4, -0.2) is 29.3 Å². The van der Waals surface area contributed by atoms with Crippen LogP contribution in [0.4, 0.5) is 5.69 Å². The van der Waals surface area contributed by atoms with Gasteiger partial charge in [-0.1, -0.05) is 24.6 Å². The maximum atomic E-state index is 12.0. The second kappa shape index (κ2) is 5.40. The van der Waals surface area contributed by atoms with Crippen molar-refractivity contribution in [3.63, 3.8) is 0 Å². The highest BCUT2D eigenvalue weighted by Crippen LogP contribution is 2.20. The molecule has 2 amide bonds. The molecule has 96 valence electrons. The van der Waals surface area contributed by atoms with E-state index in [2.05, 4.69) is 5.32 Å². The molecule has 0 spiro atoms. The average molecular weight is 267 g/mol. The van der Waals surface area contributed by atoms with E-state index in [1.54, 1.807) is 18.2 Å². The van der Waals surface area contributed by atoms with Crippen molar-refractivity contribution in [1.29, 1.82) is 0 Å². The summed E-state index contributed by atoms with van der Waals surface area (Å²) in [6, 6.07) is 6.66. The molecular formula is C13H15ClN2O2. The SMILES string of the molecule is CCCN1C(=O)CC(Nc2cccc(Cl)c2)C1=O. The van der Waals surface area contributed by atoms with Crippen molar-refractivity contribution in [3.05, 3.63) is 29.3 Å². The highest BCUT2D eigenvalue weighted by molar-refractivity contribution is 6.30. The van der Waals surface area contributed by atoms with E-state index in [9.17, 15) is 9.59 Å². The van der Waals surface area contributed by atoms with Crippen LogP contribution >= 0.6 is 11.6 Å². The summed E-state index contributed by atoms with van der Waals surface area (Å²) in [6.45, 7) is 2.43. The maximum Gasteiger partial charge on any atom is 0.252 e. The van der Waals surface area contributed by atoms with Crippen LogP contribution in [0.5, 0.6) is 0 Å². The van der Waals surface area contributed by atoms with Crippen LogP contribution in [0.3, 0.4) is 0 Å². The minimum absolute atomic E-state index is 0.110. The lowest BCUT2D eigenvalue weighted by Gasteiger charge is -2.15. The molecule has 18 heavy (non-hydrogen) atoms. The normalized spacial score (nSPS) is 19.4. The third kappa shape index (κ3) is 2.64. The number of imide groups is 1. The first-order valence-corrected chi connectivity index (χ1v) is 6.36. The van der Waals surface area contributed by atoms with Gasteiger partial charge in [0.15, 0.2) is 0 Å². The van der Waals surface area contributed by atoms with E-state index >= 15 is 0 Å². The number of rotatable bonds is 4. The lowest BCUT2D eigenvalue weighted by Crippen LogP contribution is -2.35. The predicted molar refractivity (Wildman–Crippen MR) is 70.5 cm³/mol. The van der Waals surface area contributed by atoms with Crippen LogP contribution in [0.1, 0.15) is 19.8 Å². The predicted octanol–water partition coefficient (Wildman–Crippen LogP) is 2.29. The summed E-state index contributed by atoms with van der Waals surface area (Å²) in [5, 5.41) is 3.65. The standard InChI is InChI=1S/C13H15ClN2O2/c1-2-6-16-12(17)8-11(13(16)18)15-10-5-3-4-9(14)7-10/h3-5,7,11,15H,2,6,8H2,1H3. The number of benzene rings is 1. The molecule has 0 aliphatic carbocycles. The van der Waals surface area contributed by atoms with Gasteiger partial charge in [0.2, 0.25) is 5.91 Å². The van der Waals surface area contributed by atoms with Gasteiger partial charge in [-0.3, -0.25) is 14.5 Å². The number of carbonyl (C=O) groups is 2. The zero-order valence-electron chi connectivity index (χ0n) is 10.1. The fourth-order valence-electron chi connectivity index (χ4n) is 2.03. The number of nitrogens with zero attached hydrogens (tertiary/aromatic N) is 1. The van der Waals surface area contributed by atoms with E-state index in [0.717, 1.165) is 12.1 Å². The molecule has 0 bridgehead atoms. The molecule has 1 unspecified atom stereocenters. The first-order valence-electron chi connectivity index (χ1n) is 5.98. The Morgan fingerprint density at radius 3 is 2.89 bits per heavy atom. The summed E-state index contributed by atoms with van der Waals surface area (Å²) in [5.41, 5.74) is 0.756. The Hall–Kier alpha value is -1.55. The van der Waals surface area contributed by atoms with Gasteiger partial charge in [0.1, 0.15) is 6.04 Å². The molecule has 1 aliphatic rings. The zero-order valence-corrected chi connectivity index (χ0v) is 10.9. The van der Waals surface area contributed by atoms with Crippen molar-refractivity contribution >= 4 is 29.1 Å². The molecular weight excluding hydrogens is 252 g/mol. The van der Waals surface area contributed by atoms with Gasteiger partial charge in [-0.25, -0.2) is 0 Å². The van der Waals surface area contributed by atoms with Crippen molar-refractivity contribution < 1.29 is 9.59 Å². The van der Waals surface area contributed by atoms with E-state index in [-0.39, 0.29) is 18.2 Å². The van der Waals surface area contributed by atoms with Crippen molar-refractivity contribution in [2.45, 2.75) is 25.8 Å². The minimum atomic E-state index is -0.470. The fourth-order valence-corrected chi connectivity index (χ4v) is 2.22.